The molecule has 0 radical (unpaired) electrons. The smallest absolute Gasteiger partial charge is 0.146 e. The highest BCUT2D eigenvalue weighted by Crippen LogP contribution is 2.25. The van der Waals surface area contributed by atoms with E-state index in [4.69, 9.17) is 4.42 Å². The van der Waals surface area contributed by atoms with Crippen LogP contribution in [0.4, 0.5) is 4.39 Å². The maximum absolute atomic E-state index is 13.7. The van der Waals surface area contributed by atoms with Crippen LogP contribution < -0.4 is 5.32 Å². The van der Waals surface area contributed by atoms with Gasteiger partial charge in [0.1, 0.15) is 17.3 Å². The highest BCUT2D eigenvalue weighted by atomic mass is 19.1. The number of pyridine rings is 1. The average molecular weight is 234 g/mol. The van der Waals surface area contributed by atoms with Crippen LogP contribution in [0.2, 0.25) is 0 Å². The molecule has 2 heterocycles. The lowest BCUT2D eigenvalue weighted by Crippen LogP contribution is -2.18. The van der Waals surface area contributed by atoms with Crippen LogP contribution in [0.5, 0.6) is 0 Å². The van der Waals surface area contributed by atoms with Gasteiger partial charge in [-0.25, -0.2) is 4.39 Å². The second kappa shape index (κ2) is 5.10. The van der Waals surface area contributed by atoms with Crippen LogP contribution in [0, 0.1) is 5.82 Å². The third-order valence-corrected chi connectivity index (χ3v) is 2.72. The van der Waals surface area contributed by atoms with E-state index >= 15 is 0 Å². The number of aromatic nitrogens is 1. The molecule has 0 saturated carbocycles. The van der Waals surface area contributed by atoms with E-state index in [2.05, 4.69) is 10.3 Å². The van der Waals surface area contributed by atoms with Crippen molar-refractivity contribution in [2.24, 2.45) is 0 Å². The Kier molecular flexibility index (Phi) is 3.54. The van der Waals surface area contributed by atoms with E-state index in [1.807, 2.05) is 19.1 Å². The maximum atomic E-state index is 13.7. The van der Waals surface area contributed by atoms with Gasteiger partial charge in [0.25, 0.3) is 0 Å². The molecule has 2 rings (SSSR count). The Balaban J connectivity index is 2.36. The van der Waals surface area contributed by atoms with Crippen LogP contribution in [-0.2, 0) is 6.42 Å². The molecule has 1 N–H and O–H groups in total. The van der Waals surface area contributed by atoms with Gasteiger partial charge in [-0.15, -0.1) is 0 Å². The van der Waals surface area contributed by atoms with Crippen molar-refractivity contribution in [1.82, 2.24) is 10.3 Å². The van der Waals surface area contributed by atoms with E-state index in [0.717, 1.165) is 17.9 Å². The van der Waals surface area contributed by atoms with E-state index in [0.29, 0.717) is 5.56 Å². The monoisotopic (exact) mass is 234 g/mol. The van der Waals surface area contributed by atoms with Crippen molar-refractivity contribution < 1.29 is 8.81 Å². The number of aryl methyl sites for hydroxylation is 1. The minimum atomic E-state index is -0.332. The predicted octanol–water partition coefficient (Wildman–Crippen LogP) is 2.68. The van der Waals surface area contributed by atoms with Gasteiger partial charge in [0.2, 0.25) is 0 Å². The maximum Gasteiger partial charge on any atom is 0.146 e. The molecule has 3 nitrogen and oxygen atoms in total. The third-order valence-electron chi connectivity index (χ3n) is 2.72. The van der Waals surface area contributed by atoms with Crippen molar-refractivity contribution >= 4 is 0 Å². The van der Waals surface area contributed by atoms with E-state index in [9.17, 15) is 4.39 Å². The molecule has 0 saturated heterocycles. The summed E-state index contributed by atoms with van der Waals surface area (Å²) in [5.41, 5.74) is 0.541. The number of nitrogens with zero attached hydrogens (tertiary/aromatic N) is 1. The minimum absolute atomic E-state index is 0.279. The zero-order valence-corrected chi connectivity index (χ0v) is 9.90. The minimum Gasteiger partial charge on any atom is -0.464 e. The topological polar surface area (TPSA) is 38.1 Å². The fourth-order valence-electron chi connectivity index (χ4n) is 1.81. The highest BCUT2D eigenvalue weighted by Gasteiger charge is 2.19. The van der Waals surface area contributed by atoms with Gasteiger partial charge in [-0.3, -0.25) is 4.98 Å². The Bertz CT molecular complexity index is 496. The largest absolute Gasteiger partial charge is 0.464 e. The van der Waals surface area contributed by atoms with Crippen molar-refractivity contribution in [2.75, 3.05) is 7.05 Å². The van der Waals surface area contributed by atoms with Crippen molar-refractivity contribution in [3.8, 4) is 0 Å². The van der Waals surface area contributed by atoms with Gasteiger partial charge in [0.15, 0.2) is 0 Å². The predicted molar refractivity (Wildman–Crippen MR) is 63.2 cm³/mol. The summed E-state index contributed by atoms with van der Waals surface area (Å²) in [7, 11) is 1.78. The summed E-state index contributed by atoms with van der Waals surface area (Å²) in [5, 5.41) is 3.05. The van der Waals surface area contributed by atoms with Gasteiger partial charge in [0, 0.05) is 18.2 Å². The van der Waals surface area contributed by atoms with E-state index in [-0.39, 0.29) is 11.9 Å². The first-order chi connectivity index (χ1) is 8.26. The number of rotatable bonds is 4. The normalized spacial score (nSPS) is 12.6. The lowest BCUT2D eigenvalue weighted by Gasteiger charge is -2.14. The third kappa shape index (κ3) is 2.36. The molecule has 0 aromatic carbocycles. The molecule has 2 aromatic heterocycles. The number of hydrogen-bond acceptors (Lipinski definition) is 3. The van der Waals surface area contributed by atoms with Crippen molar-refractivity contribution in [3.05, 3.63) is 53.5 Å². The van der Waals surface area contributed by atoms with Gasteiger partial charge in [-0.2, -0.15) is 0 Å². The number of halogens is 1. The van der Waals surface area contributed by atoms with E-state index < -0.39 is 0 Å². The van der Waals surface area contributed by atoms with Gasteiger partial charge in [0.05, 0.1) is 12.2 Å². The Labute approximate surface area is 99.7 Å². The molecule has 4 heteroatoms. The molecular formula is C13H15FN2O. The van der Waals surface area contributed by atoms with E-state index in [1.54, 1.807) is 19.3 Å². The molecule has 0 aliphatic rings. The Morgan fingerprint density at radius 3 is 2.82 bits per heavy atom. The summed E-state index contributed by atoms with van der Waals surface area (Å²) in [4.78, 5) is 3.74. The molecule has 90 valence electrons. The zero-order valence-electron chi connectivity index (χ0n) is 9.90. The Hall–Kier alpha value is -1.68. The summed E-state index contributed by atoms with van der Waals surface area (Å²) in [5.74, 6) is 1.28. The molecule has 0 fully saturated rings. The van der Waals surface area contributed by atoms with Gasteiger partial charge in [-0.05, 0) is 25.2 Å². The van der Waals surface area contributed by atoms with Crippen LogP contribution in [0.15, 0.2) is 35.0 Å². The number of nitrogens with one attached hydrogen (secondary N) is 1. The highest BCUT2D eigenvalue weighted by molar-refractivity contribution is 5.26. The van der Waals surface area contributed by atoms with Crippen LogP contribution in [-0.4, -0.2) is 12.0 Å². The lowest BCUT2D eigenvalue weighted by atomic mass is 10.1. The zero-order chi connectivity index (χ0) is 12.3. The number of hydrogen-bond donors (Lipinski definition) is 1. The molecule has 1 unspecified atom stereocenters. The average Bonchev–Trinajstić information content (AvgIpc) is 2.81. The first-order valence-electron chi connectivity index (χ1n) is 5.61. The van der Waals surface area contributed by atoms with E-state index in [1.165, 1.54) is 6.20 Å². The fourth-order valence-corrected chi connectivity index (χ4v) is 1.81. The number of furan rings is 1. The fraction of sp³-hybridized carbons (Fsp3) is 0.308. The van der Waals surface area contributed by atoms with Crippen molar-refractivity contribution in [3.63, 3.8) is 0 Å². The van der Waals surface area contributed by atoms with Gasteiger partial charge < -0.3 is 9.73 Å². The second-order valence-corrected chi connectivity index (χ2v) is 3.78. The van der Waals surface area contributed by atoms with Crippen LogP contribution >= 0.6 is 0 Å². The van der Waals surface area contributed by atoms with Gasteiger partial charge in [-0.1, -0.05) is 6.92 Å². The summed E-state index contributed by atoms with van der Waals surface area (Å²) < 4.78 is 19.3. The molecule has 0 amide bonds. The lowest BCUT2D eigenvalue weighted by molar-refractivity contribution is 0.426. The van der Waals surface area contributed by atoms with Crippen LogP contribution in [0.3, 0.4) is 0 Å². The van der Waals surface area contributed by atoms with Gasteiger partial charge >= 0.3 is 0 Å². The van der Waals surface area contributed by atoms with Crippen LogP contribution in [0.25, 0.3) is 0 Å². The summed E-state index contributed by atoms with van der Waals surface area (Å²) in [6.07, 6.45) is 3.62. The molecule has 1 atom stereocenters. The standard InChI is InChI=1S/C13H15FN2O/c1-3-9-4-5-12(17-9)13(15-2)10-6-7-16-8-11(10)14/h4-8,13,15H,3H2,1-2H3. The molecule has 17 heavy (non-hydrogen) atoms. The Morgan fingerprint density at radius 1 is 1.41 bits per heavy atom. The van der Waals surface area contributed by atoms with Crippen LogP contribution in [0.1, 0.15) is 30.0 Å². The SMILES string of the molecule is CCc1ccc(C(NC)c2ccncc2F)o1. The molecule has 0 aliphatic carbocycles. The first-order valence-corrected chi connectivity index (χ1v) is 5.61. The van der Waals surface area contributed by atoms with Crippen molar-refractivity contribution in [2.45, 2.75) is 19.4 Å². The Morgan fingerprint density at radius 2 is 2.24 bits per heavy atom. The first kappa shape index (κ1) is 11.8. The summed E-state index contributed by atoms with van der Waals surface area (Å²) >= 11 is 0. The quantitative estimate of drug-likeness (QED) is 0.883. The molecule has 2 aromatic rings. The van der Waals surface area contributed by atoms with Crippen molar-refractivity contribution in [1.29, 1.82) is 0 Å². The molecule has 0 bridgehead atoms. The molecule has 0 spiro atoms. The molecular weight excluding hydrogens is 219 g/mol. The summed E-state index contributed by atoms with van der Waals surface area (Å²) in [6, 6.07) is 5.17. The summed E-state index contributed by atoms with van der Waals surface area (Å²) in [6.45, 7) is 2.02. The second-order valence-electron chi connectivity index (χ2n) is 3.78. The molecule has 0 aliphatic heterocycles.